The first-order chi connectivity index (χ1) is 6.07. The minimum atomic E-state index is -0.516. The maximum Gasteiger partial charge on any atom is 0.345 e. The summed E-state index contributed by atoms with van der Waals surface area (Å²) in [6.07, 6.45) is 1.47. The molecule has 13 heavy (non-hydrogen) atoms. The van der Waals surface area contributed by atoms with Gasteiger partial charge >= 0.3 is 5.69 Å². The molecular weight excluding hydrogens is 355 g/mol. The van der Waals surface area contributed by atoms with E-state index in [1.807, 2.05) is 22.6 Å². The minimum Gasteiger partial charge on any atom is -0.476 e. The largest absolute Gasteiger partial charge is 0.476 e. The summed E-state index contributed by atoms with van der Waals surface area (Å²) in [5.41, 5.74) is -0.113. The molecule has 0 aromatic carbocycles. The summed E-state index contributed by atoms with van der Waals surface area (Å²) >= 11 is 5.01. The van der Waals surface area contributed by atoms with Crippen molar-refractivity contribution in [3.05, 3.63) is 24.4 Å². The van der Waals surface area contributed by atoms with Crippen molar-refractivity contribution in [2.45, 2.75) is 0 Å². The van der Waals surface area contributed by atoms with Crippen LogP contribution in [0.15, 0.2) is 10.7 Å². The number of rotatable bonds is 2. The van der Waals surface area contributed by atoms with Crippen LogP contribution in [-0.4, -0.2) is 17.0 Å². The summed E-state index contributed by atoms with van der Waals surface area (Å²) in [7, 11) is 1.35. The van der Waals surface area contributed by atoms with E-state index in [2.05, 4.69) is 20.9 Å². The number of hydrogen-bond donors (Lipinski definition) is 0. The molecule has 0 bridgehead atoms. The van der Waals surface area contributed by atoms with Gasteiger partial charge in [-0.25, -0.2) is 4.98 Å². The Hall–Kier alpha value is -0.440. The molecule has 0 atom stereocenters. The molecule has 0 amide bonds. The molecule has 0 fully saturated rings. The van der Waals surface area contributed by atoms with Crippen molar-refractivity contribution in [2.24, 2.45) is 0 Å². The highest BCUT2D eigenvalue weighted by Gasteiger charge is 2.22. The van der Waals surface area contributed by atoms with Gasteiger partial charge in [0, 0.05) is 6.20 Å². The molecule has 1 aromatic rings. The van der Waals surface area contributed by atoms with E-state index in [9.17, 15) is 10.1 Å². The Labute approximate surface area is 95.9 Å². The first-order valence-corrected chi connectivity index (χ1v) is 4.97. The van der Waals surface area contributed by atoms with Gasteiger partial charge in [-0.15, -0.1) is 0 Å². The molecule has 0 aliphatic carbocycles. The number of ether oxygens (including phenoxy) is 1. The van der Waals surface area contributed by atoms with Crippen LogP contribution in [0.2, 0.25) is 0 Å². The first-order valence-electron chi connectivity index (χ1n) is 3.10. The highest BCUT2D eigenvalue weighted by molar-refractivity contribution is 14.1. The fourth-order valence-corrected chi connectivity index (χ4v) is 1.60. The molecule has 1 aromatic heterocycles. The Morgan fingerprint density at radius 2 is 2.38 bits per heavy atom. The van der Waals surface area contributed by atoms with Gasteiger partial charge in [-0.05, 0) is 38.5 Å². The Kier molecular flexibility index (Phi) is 3.42. The molecule has 0 radical (unpaired) electrons. The monoisotopic (exact) mass is 358 g/mol. The second-order valence-corrected chi connectivity index (χ2v) is 3.97. The Bertz CT molecular complexity index is 358. The topological polar surface area (TPSA) is 65.3 Å². The van der Waals surface area contributed by atoms with Gasteiger partial charge in [0.25, 0.3) is 5.88 Å². The minimum absolute atomic E-state index is 0.0256. The number of methoxy groups -OCH3 is 1. The van der Waals surface area contributed by atoms with Crippen molar-refractivity contribution < 1.29 is 9.66 Å². The van der Waals surface area contributed by atoms with E-state index in [0.29, 0.717) is 8.04 Å². The zero-order valence-electron chi connectivity index (χ0n) is 6.45. The van der Waals surface area contributed by atoms with Gasteiger partial charge < -0.3 is 4.74 Å². The summed E-state index contributed by atoms with van der Waals surface area (Å²) in [6, 6.07) is 0. The quantitative estimate of drug-likeness (QED) is 0.462. The molecule has 0 aliphatic heterocycles. The molecule has 5 nitrogen and oxygen atoms in total. The molecule has 0 saturated carbocycles. The lowest BCUT2D eigenvalue weighted by Crippen LogP contribution is -1.99. The third-order valence-corrected chi connectivity index (χ3v) is 3.73. The highest BCUT2D eigenvalue weighted by Crippen LogP contribution is 2.34. The molecule has 0 unspecified atom stereocenters. The number of halogens is 2. The van der Waals surface area contributed by atoms with E-state index < -0.39 is 4.92 Å². The maximum absolute atomic E-state index is 10.6. The lowest BCUT2D eigenvalue weighted by Gasteiger charge is -2.02. The fourth-order valence-electron chi connectivity index (χ4n) is 0.748. The van der Waals surface area contributed by atoms with Crippen molar-refractivity contribution in [2.75, 3.05) is 7.11 Å². The second-order valence-electron chi connectivity index (χ2n) is 2.04. The number of aromatic nitrogens is 1. The van der Waals surface area contributed by atoms with Crippen LogP contribution in [0.25, 0.3) is 0 Å². The first kappa shape index (κ1) is 10.6. The van der Waals surface area contributed by atoms with Crippen LogP contribution >= 0.6 is 38.5 Å². The summed E-state index contributed by atoms with van der Waals surface area (Å²) in [5.74, 6) is 0.0256. The van der Waals surface area contributed by atoms with Crippen molar-refractivity contribution in [1.29, 1.82) is 0 Å². The standard InChI is InChI=1S/C6H4BrIN2O3/c1-13-6-5(10(11)12)4(8)3(7)2-9-6/h2H,1H3. The van der Waals surface area contributed by atoms with E-state index in [4.69, 9.17) is 4.74 Å². The summed E-state index contributed by atoms with van der Waals surface area (Å²) < 4.78 is 5.83. The molecule has 70 valence electrons. The molecule has 0 spiro atoms. The van der Waals surface area contributed by atoms with Crippen LogP contribution < -0.4 is 4.74 Å². The van der Waals surface area contributed by atoms with Gasteiger partial charge in [-0.1, -0.05) is 0 Å². The summed E-state index contributed by atoms with van der Waals surface area (Å²) in [6.45, 7) is 0. The number of pyridine rings is 1. The number of nitro groups is 1. The molecule has 0 saturated heterocycles. The van der Waals surface area contributed by atoms with Gasteiger partial charge in [-0.2, -0.15) is 0 Å². The predicted octanol–water partition coefficient (Wildman–Crippen LogP) is 2.37. The average molecular weight is 359 g/mol. The van der Waals surface area contributed by atoms with Crippen molar-refractivity contribution in [1.82, 2.24) is 4.98 Å². The zero-order valence-corrected chi connectivity index (χ0v) is 10.2. The van der Waals surface area contributed by atoms with Crippen LogP contribution in [-0.2, 0) is 0 Å². The molecule has 7 heteroatoms. The molecule has 0 N–H and O–H groups in total. The summed E-state index contributed by atoms with van der Waals surface area (Å²) in [5, 5.41) is 10.6. The van der Waals surface area contributed by atoms with Crippen LogP contribution in [0.5, 0.6) is 5.88 Å². The fraction of sp³-hybridized carbons (Fsp3) is 0.167. The predicted molar refractivity (Wildman–Crippen MR) is 57.9 cm³/mol. The third kappa shape index (κ3) is 2.08. The van der Waals surface area contributed by atoms with Gasteiger partial charge in [0.1, 0.15) is 3.57 Å². The van der Waals surface area contributed by atoms with Crippen molar-refractivity contribution in [3.8, 4) is 5.88 Å². The molecule has 1 rings (SSSR count). The van der Waals surface area contributed by atoms with Gasteiger partial charge in [0.2, 0.25) is 0 Å². The van der Waals surface area contributed by atoms with E-state index in [0.717, 1.165) is 0 Å². The van der Waals surface area contributed by atoms with Gasteiger partial charge in [0.15, 0.2) is 0 Å². The molecule has 0 aliphatic rings. The Balaban J connectivity index is 3.41. The number of nitrogens with zero attached hydrogens (tertiary/aromatic N) is 2. The average Bonchev–Trinajstić information content (AvgIpc) is 2.08. The second kappa shape index (κ2) is 4.18. The van der Waals surface area contributed by atoms with Crippen molar-refractivity contribution in [3.63, 3.8) is 0 Å². The SMILES string of the molecule is COc1ncc(Br)c(I)c1[N+](=O)[O-]. The zero-order chi connectivity index (χ0) is 10.0. The third-order valence-electron chi connectivity index (χ3n) is 1.29. The van der Waals surface area contributed by atoms with E-state index in [-0.39, 0.29) is 11.6 Å². The Morgan fingerprint density at radius 3 is 2.85 bits per heavy atom. The van der Waals surface area contributed by atoms with Crippen LogP contribution in [0, 0.1) is 13.7 Å². The molecule has 1 heterocycles. The Morgan fingerprint density at radius 1 is 1.77 bits per heavy atom. The van der Waals surface area contributed by atoms with Gasteiger partial charge in [-0.3, -0.25) is 10.1 Å². The van der Waals surface area contributed by atoms with Crippen LogP contribution in [0.3, 0.4) is 0 Å². The van der Waals surface area contributed by atoms with E-state index in [1.165, 1.54) is 13.3 Å². The van der Waals surface area contributed by atoms with E-state index in [1.54, 1.807) is 0 Å². The van der Waals surface area contributed by atoms with E-state index >= 15 is 0 Å². The molecular formula is C6H4BrIN2O3. The van der Waals surface area contributed by atoms with Crippen LogP contribution in [0.1, 0.15) is 0 Å². The summed E-state index contributed by atoms with van der Waals surface area (Å²) in [4.78, 5) is 13.9. The van der Waals surface area contributed by atoms with Gasteiger partial charge in [0.05, 0.1) is 16.5 Å². The smallest absolute Gasteiger partial charge is 0.345 e. The number of hydrogen-bond acceptors (Lipinski definition) is 4. The van der Waals surface area contributed by atoms with Crippen molar-refractivity contribution >= 4 is 44.2 Å². The lowest BCUT2D eigenvalue weighted by atomic mass is 10.4. The normalized spacial score (nSPS) is 9.77. The lowest BCUT2D eigenvalue weighted by molar-refractivity contribution is -0.387. The van der Waals surface area contributed by atoms with Crippen LogP contribution in [0.4, 0.5) is 5.69 Å². The maximum atomic E-state index is 10.6. The highest BCUT2D eigenvalue weighted by atomic mass is 127.